The second-order valence-electron chi connectivity index (χ2n) is 4.59. The van der Waals surface area contributed by atoms with E-state index in [1.165, 1.54) is 24.6 Å². The number of hydroxylamine groups is 2. The van der Waals surface area contributed by atoms with Crippen LogP contribution >= 0.6 is 0 Å². The van der Waals surface area contributed by atoms with Crippen LogP contribution < -0.4 is 5.32 Å². The Kier molecular flexibility index (Phi) is 5.37. The molecule has 0 saturated carbocycles. The lowest BCUT2D eigenvalue weighted by Crippen LogP contribution is -2.31. The lowest BCUT2D eigenvalue weighted by molar-refractivity contribution is -0.129. The highest BCUT2D eigenvalue weighted by Crippen LogP contribution is 2.15. The second-order valence-corrected chi connectivity index (χ2v) is 4.59. The van der Waals surface area contributed by atoms with Crippen LogP contribution in [0, 0.1) is 11.3 Å². The molecule has 2 aromatic rings. The number of aliphatic hydroxyl groups excluding tert-OH is 1. The molecule has 0 aliphatic heterocycles. The number of hydrogen-bond acceptors (Lipinski definition) is 8. The summed E-state index contributed by atoms with van der Waals surface area (Å²) in [6, 6.07) is 1.96. The quantitative estimate of drug-likeness (QED) is 0.695. The summed E-state index contributed by atoms with van der Waals surface area (Å²) < 4.78 is 1.60. The van der Waals surface area contributed by atoms with Crippen molar-refractivity contribution in [3.05, 3.63) is 30.5 Å². The number of aliphatic hydroxyl groups is 1. The predicted octanol–water partition coefficient (Wildman–Crippen LogP) is 0.142. The van der Waals surface area contributed by atoms with Gasteiger partial charge in [0.05, 0.1) is 38.2 Å². The summed E-state index contributed by atoms with van der Waals surface area (Å²) in [5, 5.41) is 27.5. The van der Waals surface area contributed by atoms with Crippen LogP contribution in [0.1, 0.15) is 5.69 Å². The van der Waals surface area contributed by atoms with E-state index < -0.39 is 6.10 Å². The minimum absolute atomic E-state index is 0.206. The average Bonchev–Trinajstić information content (AvgIpc) is 2.94. The van der Waals surface area contributed by atoms with Gasteiger partial charge in [0.15, 0.2) is 11.5 Å². The molecule has 2 N–H and O–H groups in total. The molecule has 0 amide bonds. The van der Waals surface area contributed by atoms with E-state index >= 15 is 0 Å². The van der Waals surface area contributed by atoms with Crippen LogP contribution in [0.15, 0.2) is 24.8 Å². The number of aromatic nitrogens is 4. The van der Waals surface area contributed by atoms with Gasteiger partial charge in [-0.3, -0.25) is 4.68 Å². The molecule has 0 aliphatic carbocycles. The smallest absolute Gasteiger partial charge is 0.183 e. The van der Waals surface area contributed by atoms with Gasteiger partial charge in [0.1, 0.15) is 6.07 Å². The minimum atomic E-state index is -0.621. The molecule has 9 nitrogen and oxygen atoms in total. The summed E-state index contributed by atoms with van der Waals surface area (Å²) in [5.74, 6) is 0.365. The first kappa shape index (κ1) is 15.8. The molecule has 0 saturated heterocycles. The monoisotopic (exact) mass is 303 g/mol. The fourth-order valence-electron chi connectivity index (χ4n) is 1.82. The van der Waals surface area contributed by atoms with E-state index in [1.807, 2.05) is 6.07 Å². The topological polar surface area (TPSA) is 112 Å². The molecule has 0 radical (unpaired) electrons. The van der Waals surface area contributed by atoms with E-state index in [1.54, 1.807) is 24.1 Å². The maximum absolute atomic E-state index is 9.92. The van der Waals surface area contributed by atoms with E-state index in [2.05, 4.69) is 20.4 Å². The molecular formula is C13H17N7O2. The molecule has 1 unspecified atom stereocenters. The third-order valence-corrected chi connectivity index (χ3v) is 2.88. The van der Waals surface area contributed by atoms with Crippen LogP contribution in [0.25, 0.3) is 0 Å². The molecule has 0 spiro atoms. The molecule has 0 fully saturated rings. The van der Waals surface area contributed by atoms with Crippen molar-refractivity contribution in [1.29, 1.82) is 5.26 Å². The highest BCUT2D eigenvalue weighted by Gasteiger charge is 2.11. The van der Waals surface area contributed by atoms with E-state index in [0.29, 0.717) is 24.6 Å². The first-order chi connectivity index (χ1) is 10.6. The molecular weight excluding hydrogens is 286 g/mol. The van der Waals surface area contributed by atoms with Crippen molar-refractivity contribution in [3.63, 3.8) is 0 Å². The summed E-state index contributed by atoms with van der Waals surface area (Å²) in [6.45, 7) is 0.683. The zero-order valence-electron chi connectivity index (χ0n) is 12.3. The summed E-state index contributed by atoms with van der Waals surface area (Å²) in [4.78, 5) is 12.9. The van der Waals surface area contributed by atoms with Crippen LogP contribution in [0.2, 0.25) is 0 Å². The summed E-state index contributed by atoms with van der Waals surface area (Å²) in [6.07, 6.45) is 5.63. The van der Waals surface area contributed by atoms with Crippen molar-refractivity contribution in [2.75, 3.05) is 26.0 Å². The highest BCUT2D eigenvalue weighted by atomic mass is 16.7. The van der Waals surface area contributed by atoms with Gasteiger partial charge in [0.2, 0.25) is 0 Å². The lowest BCUT2D eigenvalue weighted by atomic mass is 10.3. The number of likely N-dealkylation sites (N-methyl/N-ethyl adjacent to an activating group) is 1. The molecule has 0 aromatic carbocycles. The Balaban J connectivity index is 1.98. The normalized spacial score (nSPS) is 12.1. The van der Waals surface area contributed by atoms with E-state index in [-0.39, 0.29) is 5.69 Å². The Morgan fingerprint density at radius 2 is 2.27 bits per heavy atom. The van der Waals surface area contributed by atoms with Crippen molar-refractivity contribution in [2.24, 2.45) is 0 Å². The van der Waals surface area contributed by atoms with E-state index in [9.17, 15) is 5.11 Å². The summed E-state index contributed by atoms with van der Waals surface area (Å²) >= 11 is 0. The number of hydrogen-bond donors (Lipinski definition) is 2. The third-order valence-electron chi connectivity index (χ3n) is 2.88. The fraction of sp³-hybridized carbons (Fsp3) is 0.385. The van der Waals surface area contributed by atoms with Crippen molar-refractivity contribution in [2.45, 2.75) is 12.6 Å². The van der Waals surface area contributed by atoms with Gasteiger partial charge in [-0.25, -0.2) is 9.97 Å². The van der Waals surface area contributed by atoms with Crippen molar-refractivity contribution in [1.82, 2.24) is 24.8 Å². The Labute approximate surface area is 127 Å². The van der Waals surface area contributed by atoms with Crippen LogP contribution in [0.3, 0.4) is 0 Å². The second kappa shape index (κ2) is 7.46. The van der Waals surface area contributed by atoms with Gasteiger partial charge in [-0.15, -0.1) is 0 Å². The van der Waals surface area contributed by atoms with Gasteiger partial charge in [-0.2, -0.15) is 15.4 Å². The Morgan fingerprint density at radius 1 is 1.50 bits per heavy atom. The molecule has 22 heavy (non-hydrogen) atoms. The SMILES string of the molecule is CON(C)CC(O)Cn1cc(Nc2nccnc2C#N)cn1. The van der Waals surface area contributed by atoms with Crippen LogP contribution in [-0.2, 0) is 11.4 Å². The molecule has 0 aliphatic rings. The Morgan fingerprint density at radius 3 is 3.00 bits per heavy atom. The molecule has 0 bridgehead atoms. The van der Waals surface area contributed by atoms with Gasteiger partial charge >= 0.3 is 0 Å². The van der Waals surface area contributed by atoms with Crippen LogP contribution in [0.4, 0.5) is 11.5 Å². The van der Waals surface area contributed by atoms with Gasteiger partial charge < -0.3 is 15.3 Å². The number of nitriles is 1. The highest BCUT2D eigenvalue weighted by molar-refractivity contribution is 5.58. The Bertz CT molecular complexity index is 652. The first-order valence-corrected chi connectivity index (χ1v) is 6.56. The van der Waals surface area contributed by atoms with Crippen LogP contribution in [-0.4, -0.2) is 56.7 Å². The molecule has 2 heterocycles. The van der Waals surface area contributed by atoms with Crippen molar-refractivity contribution < 1.29 is 9.94 Å². The molecule has 1 atom stereocenters. The fourth-order valence-corrected chi connectivity index (χ4v) is 1.82. The van der Waals surface area contributed by atoms with Crippen LogP contribution in [0.5, 0.6) is 0 Å². The van der Waals surface area contributed by atoms with Gasteiger partial charge in [0, 0.05) is 25.6 Å². The Hall–Kier alpha value is -2.54. The van der Waals surface area contributed by atoms with Gasteiger partial charge in [-0.1, -0.05) is 0 Å². The molecule has 2 aromatic heterocycles. The summed E-state index contributed by atoms with van der Waals surface area (Å²) in [5.41, 5.74) is 0.862. The first-order valence-electron chi connectivity index (χ1n) is 6.56. The van der Waals surface area contributed by atoms with Gasteiger partial charge in [0.25, 0.3) is 0 Å². The predicted molar refractivity (Wildman–Crippen MR) is 77.9 cm³/mol. The standard InChI is InChI=1S/C13H17N7O2/c1-19(22-2)8-11(21)9-20-7-10(6-17-20)18-13-12(5-14)15-3-4-16-13/h3-4,6-7,11,21H,8-9H2,1-2H3,(H,16,18). The lowest BCUT2D eigenvalue weighted by Gasteiger charge is -2.17. The maximum Gasteiger partial charge on any atom is 0.183 e. The third kappa shape index (κ3) is 4.23. The van der Waals surface area contributed by atoms with Crippen molar-refractivity contribution >= 4 is 11.5 Å². The van der Waals surface area contributed by atoms with E-state index in [0.717, 1.165) is 0 Å². The van der Waals surface area contributed by atoms with E-state index in [4.69, 9.17) is 10.1 Å². The summed E-state index contributed by atoms with van der Waals surface area (Å²) in [7, 11) is 3.27. The molecule has 2 rings (SSSR count). The zero-order chi connectivity index (χ0) is 15.9. The maximum atomic E-state index is 9.92. The number of rotatable bonds is 7. The largest absolute Gasteiger partial charge is 0.390 e. The average molecular weight is 303 g/mol. The zero-order valence-corrected chi connectivity index (χ0v) is 12.3. The molecule has 9 heteroatoms. The number of nitrogens with zero attached hydrogens (tertiary/aromatic N) is 6. The number of anilines is 2. The van der Waals surface area contributed by atoms with Gasteiger partial charge in [-0.05, 0) is 0 Å². The molecule has 116 valence electrons. The number of nitrogens with one attached hydrogen (secondary N) is 1. The minimum Gasteiger partial charge on any atom is -0.390 e. The van der Waals surface area contributed by atoms with Crippen molar-refractivity contribution in [3.8, 4) is 6.07 Å².